The highest BCUT2D eigenvalue weighted by Gasteiger charge is 2.10. The molecule has 0 fully saturated rings. The lowest BCUT2D eigenvalue weighted by atomic mass is 10.2. The highest BCUT2D eigenvalue weighted by Crippen LogP contribution is 2.12. The van der Waals surface area contributed by atoms with E-state index in [4.69, 9.17) is 9.83 Å². The molecule has 5 heteroatoms. The zero-order chi connectivity index (χ0) is 15.4. The number of carbonyl (C=O) groups is 1. The van der Waals surface area contributed by atoms with Crippen molar-refractivity contribution in [1.82, 2.24) is 5.43 Å². The Morgan fingerprint density at radius 1 is 1.09 bits per heavy atom. The summed E-state index contributed by atoms with van der Waals surface area (Å²) in [6, 6.07) is 18.3. The number of hydrogen-bond donors (Lipinski definition) is 2. The number of rotatable bonds is 3. The van der Waals surface area contributed by atoms with Crippen LogP contribution in [0, 0.1) is 5.41 Å². The topological polar surface area (TPSA) is 78.5 Å². The van der Waals surface area contributed by atoms with Crippen LogP contribution < -0.4 is 11.0 Å². The summed E-state index contributed by atoms with van der Waals surface area (Å²) in [6.07, 6.45) is 1.54. The third-order valence-electron chi connectivity index (χ3n) is 3.10. The molecule has 3 rings (SSSR count). The van der Waals surface area contributed by atoms with Gasteiger partial charge in [0, 0.05) is 5.39 Å². The number of nitrogens with zero attached hydrogens (tertiary/aromatic N) is 1. The van der Waals surface area contributed by atoms with E-state index in [1.807, 2.05) is 48.5 Å². The number of nitrogens with one attached hydrogen (secondary N) is 2. The summed E-state index contributed by atoms with van der Waals surface area (Å²) >= 11 is 0. The molecule has 0 atom stereocenters. The fourth-order valence-corrected chi connectivity index (χ4v) is 2.01. The van der Waals surface area contributed by atoms with Gasteiger partial charge in [0.2, 0.25) is 5.55 Å². The van der Waals surface area contributed by atoms with Crippen LogP contribution in [0.3, 0.4) is 0 Å². The van der Waals surface area contributed by atoms with E-state index in [9.17, 15) is 4.79 Å². The summed E-state index contributed by atoms with van der Waals surface area (Å²) < 4.78 is 5.33. The molecule has 0 saturated heterocycles. The van der Waals surface area contributed by atoms with Crippen molar-refractivity contribution in [2.75, 3.05) is 0 Å². The molecule has 2 aromatic carbocycles. The monoisotopic (exact) mass is 291 g/mol. The second-order valence-electron chi connectivity index (χ2n) is 4.64. The normalized spacial score (nSPS) is 10.9. The van der Waals surface area contributed by atoms with Crippen LogP contribution in [0.15, 0.2) is 70.2 Å². The van der Waals surface area contributed by atoms with Crippen LogP contribution in [-0.4, -0.2) is 12.1 Å². The van der Waals surface area contributed by atoms with Crippen molar-refractivity contribution >= 4 is 23.1 Å². The number of fused-ring (bicyclic) bond motifs is 1. The second kappa shape index (κ2) is 6.05. The van der Waals surface area contributed by atoms with Gasteiger partial charge in [0.05, 0.1) is 6.21 Å². The minimum Gasteiger partial charge on any atom is -0.438 e. The lowest BCUT2D eigenvalue weighted by molar-refractivity contribution is 0.0951. The standard InChI is InChI=1S/C17H13N3O2/c18-16-14(10-13-8-4-5-9-15(13)22-16)17(21)20-19-11-12-6-2-1-3-7-12/h1-11,18H,(H,20,21)/b18-16?,19-11-. The van der Waals surface area contributed by atoms with Crippen LogP contribution >= 0.6 is 0 Å². The first kappa shape index (κ1) is 13.8. The fraction of sp³-hybridized carbons (Fsp3) is 0. The third-order valence-corrected chi connectivity index (χ3v) is 3.10. The van der Waals surface area contributed by atoms with Crippen LogP contribution in [0.5, 0.6) is 0 Å². The number of hydrogen-bond acceptors (Lipinski definition) is 4. The van der Waals surface area contributed by atoms with Crippen molar-refractivity contribution in [2.24, 2.45) is 5.10 Å². The van der Waals surface area contributed by atoms with E-state index < -0.39 is 5.91 Å². The predicted molar refractivity (Wildman–Crippen MR) is 83.6 cm³/mol. The Morgan fingerprint density at radius 3 is 2.64 bits per heavy atom. The zero-order valence-corrected chi connectivity index (χ0v) is 11.6. The van der Waals surface area contributed by atoms with Crippen molar-refractivity contribution in [3.05, 3.63) is 77.3 Å². The maximum Gasteiger partial charge on any atom is 0.276 e. The van der Waals surface area contributed by atoms with E-state index >= 15 is 0 Å². The van der Waals surface area contributed by atoms with Crippen molar-refractivity contribution in [2.45, 2.75) is 0 Å². The van der Waals surface area contributed by atoms with E-state index in [0.29, 0.717) is 5.58 Å². The SMILES string of the molecule is N=c1oc2ccccc2cc1C(=O)N/N=C\c1ccccc1. The average molecular weight is 291 g/mol. The maximum absolute atomic E-state index is 12.1. The van der Waals surface area contributed by atoms with Crippen molar-refractivity contribution in [3.63, 3.8) is 0 Å². The molecular weight excluding hydrogens is 278 g/mol. The number of amides is 1. The third kappa shape index (κ3) is 2.93. The summed E-state index contributed by atoms with van der Waals surface area (Å²) in [5.74, 6) is -0.480. The van der Waals surface area contributed by atoms with E-state index in [1.54, 1.807) is 18.3 Å². The predicted octanol–water partition coefficient (Wildman–Crippen LogP) is 2.68. The van der Waals surface area contributed by atoms with Crippen LogP contribution in [0.4, 0.5) is 0 Å². The van der Waals surface area contributed by atoms with Gasteiger partial charge >= 0.3 is 0 Å². The molecule has 0 aliphatic rings. The molecular formula is C17H13N3O2. The largest absolute Gasteiger partial charge is 0.438 e. The molecule has 108 valence electrons. The maximum atomic E-state index is 12.1. The smallest absolute Gasteiger partial charge is 0.276 e. The second-order valence-corrected chi connectivity index (χ2v) is 4.64. The minimum atomic E-state index is -0.480. The van der Waals surface area contributed by atoms with Gasteiger partial charge in [-0.05, 0) is 17.7 Å². The van der Waals surface area contributed by atoms with E-state index in [1.165, 1.54) is 0 Å². The summed E-state index contributed by atoms with van der Waals surface area (Å²) in [4.78, 5) is 12.1. The highest BCUT2D eigenvalue weighted by atomic mass is 16.3. The van der Waals surface area contributed by atoms with Gasteiger partial charge in [0.15, 0.2) is 0 Å². The average Bonchev–Trinajstić information content (AvgIpc) is 2.55. The van der Waals surface area contributed by atoms with E-state index in [0.717, 1.165) is 10.9 Å². The van der Waals surface area contributed by atoms with Crippen molar-refractivity contribution in [3.8, 4) is 0 Å². The van der Waals surface area contributed by atoms with Gasteiger partial charge < -0.3 is 4.42 Å². The Bertz CT molecular complexity index is 898. The summed E-state index contributed by atoms with van der Waals surface area (Å²) in [5, 5.41) is 12.5. The molecule has 1 aromatic heterocycles. The van der Waals surface area contributed by atoms with Gasteiger partial charge in [-0.25, -0.2) is 5.43 Å². The van der Waals surface area contributed by atoms with E-state index in [-0.39, 0.29) is 11.1 Å². The Kier molecular flexibility index (Phi) is 3.78. The molecule has 22 heavy (non-hydrogen) atoms. The van der Waals surface area contributed by atoms with Crippen LogP contribution in [-0.2, 0) is 0 Å². The first-order chi connectivity index (χ1) is 10.7. The number of para-hydroxylation sites is 1. The summed E-state index contributed by atoms with van der Waals surface area (Å²) in [5.41, 5.74) is 3.80. The van der Waals surface area contributed by atoms with E-state index in [2.05, 4.69) is 10.5 Å². The molecule has 1 heterocycles. The molecule has 0 radical (unpaired) electrons. The molecule has 2 N–H and O–H groups in total. The Hall–Kier alpha value is -3.21. The Morgan fingerprint density at radius 2 is 1.82 bits per heavy atom. The quantitative estimate of drug-likeness (QED) is 0.575. The molecule has 0 unspecified atom stereocenters. The van der Waals surface area contributed by atoms with Crippen molar-refractivity contribution < 1.29 is 9.21 Å². The van der Waals surface area contributed by atoms with Crippen LogP contribution in [0.1, 0.15) is 15.9 Å². The van der Waals surface area contributed by atoms with Crippen LogP contribution in [0.2, 0.25) is 0 Å². The molecule has 0 saturated carbocycles. The molecule has 3 aromatic rings. The van der Waals surface area contributed by atoms with Gasteiger partial charge in [-0.3, -0.25) is 10.2 Å². The lowest BCUT2D eigenvalue weighted by Gasteiger charge is -2.02. The number of benzene rings is 2. The minimum absolute atomic E-state index is 0.143. The van der Waals surface area contributed by atoms with Gasteiger partial charge in [0.25, 0.3) is 5.91 Å². The Balaban J connectivity index is 1.82. The molecule has 1 amide bonds. The van der Waals surface area contributed by atoms with Crippen LogP contribution in [0.25, 0.3) is 11.0 Å². The van der Waals surface area contributed by atoms with Crippen molar-refractivity contribution in [1.29, 1.82) is 5.41 Å². The first-order valence-electron chi connectivity index (χ1n) is 6.70. The molecule has 0 aliphatic carbocycles. The molecule has 0 bridgehead atoms. The lowest BCUT2D eigenvalue weighted by Crippen LogP contribution is -2.24. The zero-order valence-electron chi connectivity index (χ0n) is 11.6. The van der Waals surface area contributed by atoms with Gasteiger partial charge in [0.1, 0.15) is 11.1 Å². The van der Waals surface area contributed by atoms with Gasteiger partial charge in [-0.2, -0.15) is 5.10 Å². The molecule has 5 nitrogen and oxygen atoms in total. The van der Waals surface area contributed by atoms with Gasteiger partial charge in [-0.1, -0.05) is 48.5 Å². The Labute approximate surface area is 126 Å². The fourth-order valence-electron chi connectivity index (χ4n) is 2.01. The van der Waals surface area contributed by atoms with Gasteiger partial charge in [-0.15, -0.1) is 0 Å². The first-order valence-corrected chi connectivity index (χ1v) is 6.70. The number of hydrazone groups is 1. The number of carbonyl (C=O) groups excluding carboxylic acids is 1. The molecule has 0 aliphatic heterocycles. The summed E-state index contributed by atoms with van der Waals surface area (Å²) in [6.45, 7) is 0. The highest BCUT2D eigenvalue weighted by molar-refractivity contribution is 5.96. The summed E-state index contributed by atoms with van der Waals surface area (Å²) in [7, 11) is 0. The molecule has 0 spiro atoms.